The van der Waals surface area contributed by atoms with Crippen LogP contribution in [0.1, 0.15) is 28.8 Å². The quantitative estimate of drug-likeness (QED) is 0.662. The Balaban J connectivity index is 1.89. The van der Waals surface area contributed by atoms with Gasteiger partial charge in [0, 0.05) is 17.0 Å². The van der Waals surface area contributed by atoms with Crippen molar-refractivity contribution in [3.8, 4) is 11.5 Å². The second-order valence-corrected chi connectivity index (χ2v) is 6.36. The predicted molar refractivity (Wildman–Crippen MR) is 80.4 cm³/mol. The molecule has 0 radical (unpaired) electrons. The van der Waals surface area contributed by atoms with Gasteiger partial charge in [0.15, 0.2) is 17.8 Å². The van der Waals surface area contributed by atoms with Gasteiger partial charge >= 0.3 is 0 Å². The van der Waals surface area contributed by atoms with Crippen LogP contribution in [0.4, 0.5) is 0 Å². The number of aliphatic hydroxyl groups excluding tert-OH is 1. The van der Waals surface area contributed by atoms with Crippen LogP contribution in [-0.4, -0.2) is 48.8 Å². The number of hydrogen-bond acceptors (Lipinski definition) is 5. The van der Waals surface area contributed by atoms with Crippen LogP contribution < -0.4 is 9.47 Å². The Kier molecular flexibility index (Phi) is 3.03. The Morgan fingerprint density at radius 2 is 2.14 bits per heavy atom. The number of hydrogen-bond donors (Lipinski definition) is 1. The number of aldehydes is 1. The van der Waals surface area contributed by atoms with Crippen molar-refractivity contribution in [2.45, 2.75) is 30.4 Å². The molecule has 1 aromatic rings. The van der Waals surface area contributed by atoms with Crippen molar-refractivity contribution in [1.82, 2.24) is 4.90 Å². The summed E-state index contributed by atoms with van der Waals surface area (Å²) in [7, 11) is 2.08. The summed E-state index contributed by atoms with van der Waals surface area (Å²) in [6.07, 6.45) is 6.01. The molecule has 22 heavy (non-hydrogen) atoms. The summed E-state index contributed by atoms with van der Waals surface area (Å²) < 4.78 is 10.9. The topological polar surface area (TPSA) is 59.0 Å². The molecule has 1 fully saturated rings. The molecule has 0 aromatic heterocycles. The fourth-order valence-corrected chi connectivity index (χ4v) is 4.11. The van der Waals surface area contributed by atoms with E-state index in [4.69, 9.17) is 9.47 Å². The standard InChI is InChI=1S/C17H19NO4/c1-18-5-4-17(3-2-12(20)7-16(17)18)13-8-15-14(21-10-22-15)6-11(13)9-19/h2-3,6,8-9,12,16,20H,4-5,7,10H2,1H3. The van der Waals surface area contributed by atoms with Gasteiger partial charge in [-0.3, -0.25) is 4.79 Å². The second-order valence-electron chi connectivity index (χ2n) is 6.36. The van der Waals surface area contributed by atoms with Crippen molar-refractivity contribution in [3.05, 3.63) is 35.4 Å². The highest BCUT2D eigenvalue weighted by atomic mass is 16.7. The lowest BCUT2D eigenvalue weighted by Crippen LogP contribution is -2.45. The Hall–Kier alpha value is -1.85. The first-order chi connectivity index (χ1) is 10.6. The van der Waals surface area contributed by atoms with Gasteiger partial charge in [0.25, 0.3) is 0 Å². The van der Waals surface area contributed by atoms with Crippen molar-refractivity contribution in [3.63, 3.8) is 0 Å². The van der Waals surface area contributed by atoms with Crippen molar-refractivity contribution in [2.24, 2.45) is 0 Å². The summed E-state index contributed by atoms with van der Waals surface area (Å²) in [5, 5.41) is 9.99. The van der Waals surface area contributed by atoms with E-state index in [-0.39, 0.29) is 18.2 Å². The van der Waals surface area contributed by atoms with E-state index in [0.717, 1.165) is 24.8 Å². The van der Waals surface area contributed by atoms with Crippen LogP contribution in [0.2, 0.25) is 0 Å². The number of benzene rings is 1. The van der Waals surface area contributed by atoms with Crippen LogP contribution in [0.15, 0.2) is 24.3 Å². The van der Waals surface area contributed by atoms with Crippen LogP contribution in [0.3, 0.4) is 0 Å². The minimum Gasteiger partial charge on any atom is -0.454 e. The number of carbonyl (C=O) groups is 1. The van der Waals surface area contributed by atoms with Gasteiger partial charge in [0.1, 0.15) is 0 Å². The summed E-state index contributed by atoms with van der Waals surface area (Å²) in [6.45, 7) is 1.14. The zero-order valence-corrected chi connectivity index (χ0v) is 12.5. The number of likely N-dealkylation sites (tertiary alicyclic amines) is 1. The summed E-state index contributed by atoms with van der Waals surface area (Å²) in [4.78, 5) is 13.9. The first-order valence-electron chi connectivity index (χ1n) is 7.61. The summed E-state index contributed by atoms with van der Waals surface area (Å²) >= 11 is 0. The first-order valence-corrected chi connectivity index (χ1v) is 7.61. The molecule has 116 valence electrons. The van der Waals surface area contributed by atoms with E-state index in [1.54, 1.807) is 6.07 Å². The molecular formula is C17H19NO4. The third kappa shape index (κ3) is 1.82. The maximum absolute atomic E-state index is 11.6. The number of aliphatic hydroxyl groups is 1. The number of rotatable bonds is 2. The molecule has 1 saturated heterocycles. The van der Waals surface area contributed by atoms with Gasteiger partial charge in [-0.25, -0.2) is 0 Å². The Labute approximate surface area is 129 Å². The van der Waals surface area contributed by atoms with E-state index in [9.17, 15) is 9.90 Å². The average Bonchev–Trinajstić information content (AvgIpc) is 3.11. The van der Waals surface area contributed by atoms with Gasteiger partial charge < -0.3 is 19.5 Å². The summed E-state index contributed by atoms with van der Waals surface area (Å²) in [6, 6.07) is 3.90. The number of fused-ring (bicyclic) bond motifs is 2. The van der Waals surface area contributed by atoms with E-state index >= 15 is 0 Å². The zero-order valence-electron chi connectivity index (χ0n) is 12.5. The Morgan fingerprint density at radius 3 is 2.91 bits per heavy atom. The molecule has 5 heteroatoms. The van der Waals surface area contributed by atoms with Gasteiger partial charge in [-0.15, -0.1) is 0 Å². The molecule has 0 amide bonds. The molecule has 3 aliphatic rings. The molecule has 0 saturated carbocycles. The number of ether oxygens (including phenoxy) is 2. The predicted octanol–water partition coefficient (Wildman–Crippen LogP) is 1.49. The van der Waals surface area contributed by atoms with E-state index in [1.807, 2.05) is 12.1 Å². The minimum absolute atomic E-state index is 0.187. The number of nitrogens with zero attached hydrogens (tertiary/aromatic N) is 1. The lowest BCUT2D eigenvalue weighted by atomic mass is 9.68. The Morgan fingerprint density at radius 1 is 1.36 bits per heavy atom. The van der Waals surface area contributed by atoms with E-state index in [0.29, 0.717) is 23.5 Å². The smallest absolute Gasteiger partial charge is 0.231 e. The van der Waals surface area contributed by atoms with Crippen LogP contribution in [0.25, 0.3) is 0 Å². The van der Waals surface area contributed by atoms with Gasteiger partial charge in [-0.05, 0) is 44.1 Å². The Bertz CT molecular complexity index is 656. The monoisotopic (exact) mass is 301 g/mol. The SMILES string of the molecule is CN1CCC2(c3cc4c(cc3C=O)OCO4)C=CC(O)CC12. The van der Waals surface area contributed by atoms with Crippen molar-refractivity contribution >= 4 is 6.29 Å². The summed E-state index contributed by atoms with van der Waals surface area (Å²) in [5.41, 5.74) is 1.38. The lowest BCUT2D eigenvalue weighted by molar-refractivity contribution is 0.111. The van der Waals surface area contributed by atoms with E-state index < -0.39 is 6.10 Å². The summed E-state index contributed by atoms with van der Waals surface area (Å²) in [5.74, 6) is 1.33. The molecule has 3 unspecified atom stereocenters. The second kappa shape index (κ2) is 4.83. The highest BCUT2D eigenvalue weighted by Crippen LogP contribution is 2.48. The maximum atomic E-state index is 11.6. The molecule has 0 bridgehead atoms. The fourth-order valence-electron chi connectivity index (χ4n) is 4.11. The normalized spacial score (nSPS) is 33.0. The maximum Gasteiger partial charge on any atom is 0.231 e. The molecule has 1 aromatic carbocycles. The molecule has 2 aliphatic heterocycles. The first kappa shape index (κ1) is 13.8. The van der Waals surface area contributed by atoms with Crippen molar-refractivity contribution in [2.75, 3.05) is 20.4 Å². The third-order valence-electron chi connectivity index (χ3n) is 5.26. The van der Waals surface area contributed by atoms with Crippen LogP contribution in [0.5, 0.6) is 11.5 Å². The molecule has 2 heterocycles. The van der Waals surface area contributed by atoms with E-state index in [2.05, 4.69) is 18.0 Å². The third-order valence-corrected chi connectivity index (χ3v) is 5.26. The highest BCUT2D eigenvalue weighted by molar-refractivity contribution is 5.81. The fraction of sp³-hybridized carbons (Fsp3) is 0.471. The molecule has 1 N–H and O–H groups in total. The highest BCUT2D eigenvalue weighted by Gasteiger charge is 2.49. The van der Waals surface area contributed by atoms with Crippen LogP contribution >= 0.6 is 0 Å². The minimum atomic E-state index is -0.424. The largest absolute Gasteiger partial charge is 0.454 e. The van der Waals surface area contributed by atoms with Crippen LogP contribution in [-0.2, 0) is 5.41 Å². The molecular weight excluding hydrogens is 282 g/mol. The van der Waals surface area contributed by atoms with E-state index in [1.165, 1.54) is 0 Å². The number of carbonyl (C=O) groups excluding carboxylic acids is 1. The van der Waals surface area contributed by atoms with Gasteiger partial charge in [0.05, 0.1) is 6.10 Å². The average molecular weight is 301 g/mol. The van der Waals surface area contributed by atoms with Gasteiger partial charge in [-0.2, -0.15) is 0 Å². The molecule has 0 spiro atoms. The molecule has 4 rings (SSSR count). The van der Waals surface area contributed by atoms with Gasteiger partial charge in [-0.1, -0.05) is 12.2 Å². The number of likely N-dealkylation sites (N-methyl/N-ethyl adjacent to an activating group) is 1. The zero-order chi connectivity index (χ0) is 15.3. The van der Waals surface area contributed by atoms with Crippen molar-refractivity contribution in [1.29, 1.82) is 0 Å². The van der Waals surface area contributed by atoms with Crippen molar-refractivity contribution < 1.29 is 19.4 Å². The molecule has 1 aliphatic carbocycles. The van der Waals surface area contributed by atoms with Gasteiger partial charge in [0.2, 0.25) is 6.79 Å². The molecule has 3 atom stereocenters. The molecule has 5 nitrogen and oxygen atoms in total. The lowest BCUT2D eigenvalue weighted by Gasteiger charge is -2.40. The van der Waals surface area contributed by atoms with Crippen LogP contribution in [0, 0.1) is 0 Å².